The molecular weight excluding hydrogens is 630 g/mol. The second-order valence-corrected chi connectivity index (χ2v) is 12.2. The first kappa shape index (κ1) is 31.4. The maximum atomic E-state index is 12.8. The molecule has 1 fully saturated rings. The van der Waals surface area contributed by atoms with Gasteiger partial charge in [0.05, 0.1) is 41.7 Å². The quantitative estimate of drug-likeness (QED) is 0.168. The molecule has 0 unspecified atom stereocenters. The normalized spacial score (nSPS) is 17.7. The Morgan fingerprint density at radius 3 is 2.40 bits per heavy atom. The van der Waals surface area contributed by atoms with Crippen molar-refractivity contribution in [2.24, 2.45) is 0 Å². The highest BCUT2D eigenvalue weighted by Crippen LogP contribution is 2.39. The van der Waals surface area contributed by atoms with Crippen LogP contribution in [0.4, 0.5) is 0 Å². The Labute approximate surface area is 279 Å². The van der Waals surface area contributed by atoms with E-state index in [1.165, 1.54) is 18.0 Å². The average Bonchev–Trinajstić information content (AvgIpc) is 3.62. The third-order valence-electron chi connectivity index (χ3n) is 7.93. The first-order valence-corrected chi connectivity index (χ1v) is 16.3. The molecule has 0 saturated carbocycles. The number of aromatic nitrogens is 6. The Morgan fingerprint density at radius 1 is 0.896 bits per heavy atom. The first-order valence-electron chi connectivity index (χ1n) is 15.3. The molecule has 0 aliphatic carbocycles. The van der Waals surface area contributed by atoms with Crippen LogP contribution >= 0.6 is 11.8 Å². The molecule has 0 bridgehead atoms. The molecule has 3 atom stereocenters. The molecular formula is C35H31N7O5S. The molecule has 1 aliphatic heterocycles. The Kier molecular flexibility index (Phi) is 9.34. The SMILES string of the molecule is O=C(NCc1ccc([C@@H]2O[C@H](CSc3nnnn3-c3ccc(O)cc3)C[C@H](c3ccc(CO)cc3)O2)cc1)c1cnc2ccccc2n1. The maximum absolute atomic E-state index is 12.8. The van der Waals surface area contributed by atoms with Gasteiger partial charge in [-0.05, 0) is 63.5 Å². The fraction of sp³-hybridized carbons (Fsp3) is 0.200. The minimum absolute atomic E-state index is 0.0327. The molecule has 2 aromatic heterocycles. The lowest BCUT2D eigenvalue weighted by molar-refractivity contribution is -0.245. The summed E-state index contributed by atoms with van der Waals surface area (Å²) >= 11 is 1.47. The number of hydrogen-bond donors (Lipinski definition) is 3. The van der Waals surface area contributed by atoms with Gasteiger partial charge in [0, 0.05) is 24.3 Å². The van der Waals surface area contributed by atoms with Crippen LogP contribution in [-0.2, 0) is 22.6 Å². The van der Waals surface area contributed by atoms with E-state index in [4.69, 9.17) is 9.47 Å². The first-order chi connectivity index (χ1) is 23.5. The van der Waals surface area contributed by atoms with Gasteiger partial charge >= 0.3 is 0 Å². The number of thioether (sulfide) groups is 1. The van der Waals surface area contributed by atoms with Gasteiger partial charge in [-0.2, -0.15) is 4.68 Å². The largest absolute Gasteiger partial charge is 0.508 e. The van der Waals surface area contributed by atoms with E-state index in [0.717, 1.165) is 33.5 Å². The van der Waals surface area contributed by atoms with E-state index in [0.29, 0.717) is 29.4 Å². The van der Waals surface area contributed by atoms with E-state index >= 15 is 0 Å². The number of carbonyl (C=O) groups is 1. The van der Waals surface area contributed by atoms with E-state index in [9.17, 15) is 15.0 Å². The smallest absolute Gasteiger partial charge is 0.271 e. The molecule has 1 saturated heterocycles. The number of rotatable bonds is 10. The molecule has 3 N–H and O–H groups in total. The van der Waals surface area contributed by atoms with Crippen molar-refractivity contribution in [2.75, 3.05) is 5.75 Å². The third-order valence-corrected chi connectivity index (χ3v) is 8.99. The zero-order valence-corrected chi connectivity index (χ0v) is 26.4. The number of phenols is 1. The van der Waals surface area contributed by atoms with Crippen molar-refractivity contribution in [3.05, 3.63) is 131 Å². The van der Waals surface area contributed by atoms with E-state index in [2.05, 4.69) is 30.8 Å². The Morgan fingerprint density at radius 2 is 1.62 bits per heavy atom. The van der Waals surface area contributed by atoms with Crippen molar-refractivity contribution >= 4 is 28.7 Å². The number of tetrazole rings is 1. The standard InChI is InChI=1S/C35H31N7O5S/c43-20-23-7-9-24(10-8-23)32-17-28(21-48-35-39-40-41-42(35)26-13-15-27(44)16-14-26)46-34(47-32)25-11-5-22(6-12-25)18-37-33(45)31-19-36-29-3-1-2-4-30(29)38-31/h1-16,19,28,32,34,43-44H,17-18,20-21H2,(H,37,45)/t28-,32+,34+/m0/s1. The van der Waals surface area contributed by atoms with E-state index in [-0.39, 0.29) is 36.2 Å². The molecule has 0 radical (unpaired) electrons. The van der Waals surface area contributed by atoms with Crippen LogP contribution in [0, 0.1) is 0 Å². The molecule has 13 heteroatoms. The van der Waals surface area contributed by atoms with Gasteiger partial charge in [0.15, 0.2) is 6.29 Å². The Bertz CT molecular complexity index is 2010. The lowest BCUT2D eigenvalue weighted by atomic mass is 10.0. The monoisotopic (exact) mass is 661 g/mol. The molecule has 12 nitrogen and oxygen atoms in total. The molecule has 0 spiro atoms. The molecule has 242 valence electrons. The van der Waals surface area contributed by atoms with E-state index < -0.39 is 6.29 Å². The minimum atomic E-state index is -0.642. The Hall–Kier alpha value is -5.21. The summed E-state index contributed by atoms with van der Waals surface area (Å²) < 4.78 is 14.6. The van der Waals surface area contributed by atoms with Crippen molar-refractivity contribution in [1.29, 1.82) is 0 Å². The van der Waals surface area contributed by atoms with E-state index in [1.807, 2.05) is 72.8 Å². The second kappa shape index (κ2) is 14.3. The topological polar surface area (TPSA) is 157 Å². The number of carbonyl (C=O) groups excluding carboxylic acids is 1. The lowest BCUT2D eigenvalue weighted by Gasteiger charge is -2.36. The van der Waals surface area contributed by atoms with Gasteiger partial charge in [0.25, 0.3) is 5.91 Å². The summed E-state index contributed by atoms with van der Waals surface area (Å²) in [5.74, 6) is 0.420. The van der Waals surface area contributed by atoms with Crippen LogP contribution in [0.5, 0.6) is 5.75 Å². The summed E-state index contributed by atoms with van der Waals surface area (Å²) in [7, 11) is 0. The molecule has 7 rings (SSSR count). The van der Waals surface area contributed by atoms with Crippen LogP contribution in [0.25, 0.3) is 16.7 Å². The zero-order chi connectivity index (χ0) is 32.9. The average molecular weight is 662 g/mol. The summed E-state index contributed by atoms with van der Waals surface area (Å²) in [5, 5.41) is 34.9. The molecule has 48 heavy (non-hydrogen) atoms. The zero-order valence-electron chi connectivity index (χ0n) is 25.6. The highest BCUT2D eigenvalue weighted by atomic mass is 32.2. The number of amides is 1. The molecule has 6 aromatic rings. The summed E-state index contributed by atoms with van der Waals surface area (Å²) in [6.07, 6.45) is 0.983. The minimum Gasteiger partial charge on any atom is -0.508 e. The molecule has 3 heterocycles. The summed E-state index contributed by atoms with van der Waals surface area (Å²) in [5.41, 5.74) is 5.94. The maximum Gasteiger partial charge on any atom is 0.271 e. The van der Waals surface area contributed by atoms with Crippen molar-refractivity contribution in [2.45, 2.75) is 43.2 Å². The van der Waals surface area contributed by atoms with Crippen LogP contribution in [0.2, 0.25) is 0 Å². The highest BCUT2D eigenvalue weighted by Gasteiger charge is 2.32. The number of benzene rings is 4. The van der Waals surface area contributed by atoms with Crippen molar-refractivity contribution < 1.29 is 24.5 Å². The fourth-order valence-electron chi connectivity index (χ4n) is 5.35. The number of aliphatic hydroxyl groups is 1. The van der Waals surface area contributed by atoms with Crippen LogP contribution in [0.3, 0.4) is 0 Å². The fourth-order valence-corrected chi connectivity index (χ4v) is 6.26. The van der Waals surface area contributed by atoms with Gasteiger partial charge in [-0.3, -0.25) is 9.78 Å². The van der Waals surface area contributed by atoms with Crippen molar-refractivity contribution in [3.63, 3.8) is 0 Å². The number of aromatic hydroxyl groups is 1. The molecule has 1 aliphatic rings. The summed E-state index contributed by atoms with van der Waals surface area (Å²) in [6, 6.07) is 29.6. The number of hydrogen-bond acceptors (Lipinski definition) is 11. The number of para-hydroxylation sites is 2. The van der Waals surface area contributed by atoms with Crippen LogP contribution in [0.15, 0.2) is 108 Å². The van der Waals surface area contributed by atoms with Gasteiger partial charge < -0.3 is 25.0 Å². The van der Waals surface area contributed by atoms with Crippen LogP contribution < -0.4 is 5.32 Å². The van der Waals surface area contributed by atoms with Gasteiger partial charge in [-0.1, -0.05) is 72.4 Å². The van der Waals surface area contributed by atoms with Gasteiger partial charge in [-0.25, -0.2) is 4.98 Å². The van der Waals surface area contributed by atoms with Gasteiger partial charge in [0.1, 0.15) is 11.4 Å². The summed E-state index contributed by atoms with van der Waals surface area (Å²) in [4.78, 5) is 21.5. The predicted molar refractivity (Wildman–Crippen MR) is 177 cm³/mol. The molecule has 1 amide bonds. The second-order valence-electron chi connectivity index (χ2n) is 11.2. The summed E-state index contributed by atoms with van der Waals surface area (Å²) in [6.45, 7) is 0.282. The van der Waals surface area contributed by atoms with Crippen molar-refractivity contribution in [3.8, 4) is 11.4 Å². The number of nitrogens with zero attached hydrogens (tertiary/aromatic N) is 6. The predicted octanol–water partition coefficient (Wildman–Crippen LogP) is 5.07. The number of nitrogens with one attached hydrogen (secondary N) is 1. The molecule has 4 aromatic carbocycles. The third kappa shape index (κ3) is 7.19. The van der Waals surface area contributed by atoms with Crippen LogP contribution in [-0.4, -0.2) is 58.2 Å². The van der Waals surface area contributed by atoms with Gasteiger partial charge in [0.2, 0.25) is 5.16 Å². The highest BCUT2D eigenvalue weighted by molar-refractivity contribution is 7.99. The van der Waals surface area contributed by atoms with Crippen molar-refractivity contribution in [1.82, 2.24) is 35.5 Å². The Balaban J connectivity index is 1.04. The van der Waals surface area contributed by atoms with Gasteiger partial charge in [-0.15, -0.1) is 5.10 Å². The van der Waals surface area contributed by atoms with Crippen LogP contribution in [0.1, 0.15) is 51.6 Å². The number of phenolic OH excluding ortho intramolecular Hbond substituents is 1. The van der Waals surface area contributed by atoms with E-state index in [1.54, 1.807) is 28.9 Å². The number of aliphatic hydroxyl groups excluding tert-OH is 1. The number of fused-ring (bicyclic) bond motifs is 1. The lowest BCUT2D eigenvalue weighted by Crippen LogP contribution is -2.31. The number of ether oxygens (including phenoxy) is 2.